The monoisotopic (exact) mass is 354 g/mol. The van der Waals surface area contributed by atoms with Crippen LogP contribution in [-0.2, 0) is 0 Å². The molecule has 0 aliphatic carbocycles. The number of benzene rings is 2. The van der Waals surface area contributed by atoms with Crippen LogP contribution in [0.4, 0.5) is 14.5 Å². The van der Waals surface area contributed by atoms with Crippen molar-refractivity contribution in [1.29, 1.82) is 0 Å². The first-order valence-corrected chi connectivity index (χ1v) is 6.54. The average Bonchev–Trinajstić information content (AvgIpc) is 2.43. The largest absolute Gasteiger partial charge is 0.366 e. The van der Waals surface area contributed by atoms with Crippen LogP contribution in [0.25, 0.3) is 0 Å². The van der Waals surface area contributed by atoms with Gasteiger partial charge in [0.05, 0.1) is 15.6 Å². The van der Waals surface area contributed by atoms with Crippen molar-refractivity contribution in [2.24, 2.45) is 5.73 Å². The number of halogens is 3. The van der Waals surface area contributed by atoms with Crippen molar-refractivity contribution in [3.63, 3.8) is 0 Å². The Labute approximate surface area is 127 Å². The molecule has 0 aliphatic rings. The first kappa shape index (κ1) is 15.1. The third-order valence-electron chi connectivity index (χ3n) is 2.69. The second-order valence-corrected chi connectivity index (χ2v) is 4.91. The van der Waals surface area contributed by atoms with Crippen LogP contribution in [0.15, 0.2) is 40.9 Å². The van der Waals surface area contributed by atoms with Gasteiger partial charge in [-0.2, -0.15) is 0 Å². The molecule has 2 aromatic rings. The highest BCUT2D eigenvalue weighted by Gasteiger charge is 2.15. The Balaban J connectivity index is 2.30. The lowest BCUT2D eigenvalue weighted by Gasteiger charge is -2.08. The molecular weight excluding hydrogens is 346 g/mol. The molecule has 21 heavy (non-hydrogen) atoms. The molecule has 0 bridgehead atoms. The molecule has 3 N–H and O–H groups in total. The van der Waals surface area contributed by atoms with Gasteiger partial charge < -0.3 is 11.1 Å². The summed E-state index contributed by atoms with van der Waals surface area (Å²) in [7, 11) is 0. The van der Waals surface area contributed by atoms with Crippen molar-refractivity contribution in [3.05, 3.63) is 63.6 Å². The fraction of sp³-hybridized carbons (Fsp3) is 0. The average molecular weight is 355 g/mol. The molecule has 0 saturated carbocycles. The van der Waals surface area contributed by atoms with Gasteiger partial charge in [0.1, 0.15) is 11.6 Å². The Kier molecular flexibility index (Phi) is 4.32. The molecular formula is C14H9BrF2N2O2. The fourth-order valence-electron chi connectivity index (χ4n) is 1.67. The molecule has 0 saturated heterocycles. The van der Waals surface area contributed by atoms with Crippen molar-refractivity contribution < 1.29 is 18.4 Å². The van der Waals surface area contributed by atoms with Gasteiger partial charge in [0.25, 0.3) is 11.8 Å². The Hall–Kier alpha value is -2.28. The van der Waals surface area contributed by atoms with Crippen molar-refractivity contribution in [2.45, 2.75) is 0 Å². The number of rotatable bonds is 3. The molecule has 0 heterocycles. The van der Waals surface area contributed by atoms with Crippen LogP contribution < -0.4 is 11.1 Å². The number of primary amides is 1. The lowest BCUT2D eigenvalue weighted by atomic mass is 10.1. The maximum absolute atomic E-state index is 13.4. The summed E-state index contributed by atoms with van der Waals surface area (Å²) in [5, 5.41) is 2.44. The molecule has 2 aromatic carbocycles. The highest BCUT2D eigenvalue weighted by atomic mass is 79.9. The Bertz CT molecular complexity index is 735. The van der Waals surface area contributed by atoms with E-state index in [9.17, 15) is 18.4 Å². The summed E-state index contributed by atoms with van der Waals surface area (Å²) in [5.41, 5.74) is 4.92. The second-order valence-electron chi connectivity index (χ2n) is 4.11. The minimum Gasteiger partial charge on any atom is -0.366 e. The fourth-order valence-corrected chi connectivity index (χ4v) is 2.11. The van der Waals surface area contributed by atoms with Gasteiger partial charge in [0, 0.05) is 5.69 Å². The number of hydrogen-bond donors (Lipinski definition) is 2. The van der Waals surface area contributed by atoms with E-state index in [1.807, 2.05) is 0 Å². The topological polar surface area (TPSA) is 72.2 Å². The van der Waals surface area contributed by atoms with Gasteiger partial charge in [-0.3, -0.25) is 9.59 Å². The molecule has 0 aliphatic heterocycles. The molecule has 0 radical (unpaired) electrons. The van der Waals surface area contributed by atoms with Gasteiger partial charge in [-0.1, -0.05) is 6.07 Å². The Morgan fingerprint density at radius 1 is 1.05 bits per heavy atom. The third kappa shape index (κ3) is 3.25. The van der Waals surface area contributed by atoms with Gasteiger partial charge in [-0.25, -0.2) is 8.78 Å². The third-order valence-corrected chi connectivity index (χ3v) is 3.49. The smallest absolute Gasteiger partial charge is 0.256 e. The van der Waals surface area contributed by atoms with E-state index < -0.39 is 23.4 Å². The van der Waals surface area contributed by atoms with Crippen LogP contribution in [0.3, 0.4) is 0 Å². The van der Waals surface area contributed by atoms with E-state index >= 15 is 0 Å². The molecule has 0 atom stereocenters. The first-order valence-electron chi connectivity index (χ1n) is 5.75. The molecule has 4 nitrogen and oxygen atoms in total. The van der Waals surface area contributed by atoms with Crippen molar-refractivity contribution in [3.8, 4) is 0 Å². The number of anilines is 1. The summed E-state index contributed by atoms with van der Waals surface area (Å²) < 4.78 is 26.7. The summed E-state index contributed by atoms with van der Waals surface area (Å²) in [4.78, 5) is 23.1. The number of hydrogen-bond acceptors (Lipinski definition) is 2. The summed E-state index contributed by atoms with van der Waals surface area (Å²) in [5.74, 6) is -2.93. The summed E-state index contributed by atoms with van der Waals surface area (Å²) >= 11 is 2.97. The molecule has 108 valence electrons. The summed E-state index contributed by atoms with van der Waals surface area (Å²) in [6.45, 7) is 0. The van der Waals surface area contributed by atoms with Crippen LogP contribution in [0.1, 0.15) is 20.7 Å². The molecule has 2 amide bonds. The molecule has 7 heteroatoms. The summed E-state index contributed by atoms with van der Waals surface area (Å²) in [6.07, 6.45) is 0. The highest BCUT2D eigenvalue weighted by Crippen LogP contribution is 2.22. The van der Waals surface area contributed by atoms with E-state index in [1.54, 1.807) is 0 Å². The molecule has 0 aromatic heterocycles. The zero-order valence-electron chi connectivity index (χ0n) is 10.5. The van der Waals surface area contributed by atoms with Gasteiger partial charge in [0.15, 0.2) is 0 Å². The van der Waals surface area contributed by atoms with Crippen LogP contribution in [-0.4, -0.2) is 11.8 Å². The van der Waals surface area contributed by atoms with Crippen LogP contribution in [0, 0.1) is 11.6 Å². The zero-order valence-corrected chi connectivity index (χ0v) is 12.1. The van der Waals surface area contributed by atoms with Crippen molar-refractivity contribution in [2.75, 3.05) is 5.32 Å². The van der Waals surface area contributed by atoms with E-state index in [0.717, 1.165) is 12.1 Å². The zero-order chi connectivity index (χ0) is 15.6. The lowest BCUT2D eigenvalue weighted by Crippen LogP contribution is -2.16. The number of amides is 2. The van der Waals surface area contributed by atoms with Crippen LogP contribution in [0.2, 0.25) is 0 Å². The normalized spacial score (nSPS) is 10.2. The number of carbonyl (C=O) groups excluding carboxylic acids is 2. The predicted molar refractivity (Wildman–Crippen MR) is 77.0 cm³/mol. The number of nitrogens with one attached hydrogen (secondary N) is 1. The Morgan fingerprint density at radius 3 is 2.43 bits per heavy atom. The van der Waals surface area contributed by atoms with Crippen LogP contribution in [0.5, 0.6) is 0 Å². The molecule has 2 rings (SSSR count). The molecule has 0 unspecified atom stereocenters. The highest BCUT2D eigenvalue weighted by molar-refractivity contribution is 9.10. The first-order chi connectivity index (χ1) is 9.90. The van der Waals surface area contributed by atoms with E-state index in [0.29, 0.717) is 0 Å². The van der Waals surface area contributed by atoms with Gasteiger partial charge in [-0.05, 0) is 46.3 Å². The second kappa shape index (κ2) is 6.01. The predicted octanol–water partition coefficient (Wildman–Crippen LogP) is 3.08. The maximum atomic E-state index is 13.4. The SMILES string of the molecule is NC(=O)c1cc(NC(=O)c2cccc(F)c2Br)ccc1F. The van der Waals surface area contributed by atoms with E-state index in [2.05, 4.69) is 21.2 Å². The van der Waals surface area contributed by atoms with E-state index in [-0.39, 0.29) is 21.3 Å². The van der Waals surface area contributed by atoms with Crippen LogP contribution >= 0.6 is 15.9 Å². The standard InChI is InChI=1S/C14H9BrF2N2O2/c15-12-8(2-1-3-11(12)17)14(21)19-7-4-5-10(16)9(6-7)13(18)20/h1-6H,(H2,18,20)(H,19,21). The quantitative estimate of drug-likeness (QED) is 0.888. The minimum atomic E-state index is -0.949. The van der Waals surface area contributed by atoms with Crippen molar-refractivity contribution in [1.82, 2.24) is 0 Å². The molecule has 0 fully saturated rings. The van der Waals surface area contributed by atoms with E-state index in [4.69, 9.17) is 5.73 Å². The Morgan fingerprint density at radius 2 is 1.76 bits per heavy atom. The molecule has 0 spiro atoms. The summed E-state index contributed by atoms with van der Waals surface area (Å²) in [6, 6.07) is 7.39. The minimum absolute atomic E-state index is 0.0136. The van der Waals surface area contributed by atoms with Gasteiger partial charge in [-0.15, -0.1) is 0 Å². The van der Waals surface area contributed by atoms with Gasteiger partial charge in [0.2, 0.25) is 0 Å². The number of nitrogens with two attached hydrogens (primary N) is 1. The lowest BCUT2D eigenvalue weighted by molar-refractivity contribution is 0.0992. The maximum Gasteiger partial charge on any atom is 0.256 e. The number of carbonyl (C=O) groups is 2. The van der Waals surface area contributed by atoms with Crippen molar-refractivity contribution >= 4 is 33.4 Å². The van der Waals surface area contributed by atoms with E-state index in [1.165, 1.54) is 24.3 Å². The van der Waals surface area contributed by atoms with Gasteiger partial charge >= 0.3 is 0 Å².